The van der Waals surface area contributed by atoms with Crippen LogP contribution in [0.2, 0.25) is 0 Å². The summed E-state index contributed by atoms with van der Waals surface area (Å²) in [7, 11) is 0. The van der Waals surface area contributed by atoms with Crippen LogP contribution >= 0.6 is 0 Å². The Balaban J connectivity index is 1.92. The summed E-state index contributed by atoms with van der Waals surface area (Å²) in [5.74, 6) is -3.62. The zero-order valence-electron chi connectivity index (χ0n) is 9.89. The molecular weight excluding hydrogens is 258 g/mol. The number of rotatable bonds is 4. The van der Waals surface area contributed by atoms with Crippen LogP contribution in [0.4, 0.5) is 17.6 Å². The summed E-state index contributed by atoms with van der Waals surface area (Å²) in [5, 5.41) is 2.93. The average Bonchev–Trinajstić information content (AvgIpc) is 2.38. The van der Waals surface area contributed by atoms with E-state index in [-0.39, 0.29) is 0 Å². The van der Waals surface area contributed by atoms with Crippen molar-refractivity contribution in [2.45, 2.75) is 13.1 Å². The monoisotopic (exact) mass is 269 g/mol. The molecule has 0 heterocycles. The van der Waals surface area contributed by atoms with Crippen molar-refractivity contribution in [3.8, 4) is 0 Å². The van der Waals surface area contributed by atoms with Gasteiger partial charge in [-0.3, -0.25) is 0 Å². The van der Waals surface area contributed by atoms with Crippen LogP contribution < -0.4 is 5.32 Å². The standard InChI is InChI=1S/C14H11F4N/c15-11-3-1-9(5-13(11)17)7-19-8-10-2-4-12(16)14(18)6-10/h1-6,19H,7-8H2. The Bertz CT molecular complexity index is 532. The van der Waals surface area contributed by atoms with Crippen molar-refractivity contribution in [2.24, 2.45) is 0 Å². The van der Waals surface area contributed by atoms with Gasteiger partial charge in [-0.15, -0.1) is 0 Å². The highest BCUT2D eigenvalue weighted by molar-refractivity contribution is 5.19. The molecule has 5 heteroatoms. The van der Waals surface area contributed by atoms with Crippen molar-refractivity contribution in [2.75, 3.05) is 0 Å². The van der Waals surface area contributed by atoms with E-state index in [0.29, 0.717) is 24.2 Å². The van der Waals surface area contributed by atoms with Crippen LogP contribution in [-0.2, 0) is 13.1 Å². The molecule has 19 heavy (non-hydrogen) atoms. The quantitative estimate of drug-likeness (QED) is 0.837. The molecule has 0 amide bonds. The molecule has 0 unspecified atom stereocenters. The van der Waals surface area contributed by atoms with Crippen LogP contribution in [-0.4, -0.2) is 0 Å². The Morgan fingerprint density at radius 2 is 1.05 bits per heavy atom. The van der Waals surface area contributed by atoms with E-state index in [1.165, 1.54) is 12.1 Å². The van der Waals surface area contributed by atoms with E-state index in [1.807, 2.05) is 0 Å². The van der Waals surface area contributed by atoms with Gasteiger partial charge in [0.1, 0.15) is 0 Å². The Hall–Kier alpha value is -1.88. The molecule has 1 N–H and O–H groups in total. The summed E-state index contributed by atoms with van der Waals surface area (Å²) >= 11 is 0. The fourth-order valence-electron chi connectivity index (χ4n) is 1.65. The second-order valence-corrected chi connectivity index (χ2v) is 4.10. The third-order valence-electron chi connectivity index (χ3n) is 2.63. The maximum Gasteiger partial charge on any atom is 0.159 e. The van der Waals surface area contributed by atoms with Crippen LogP contribution in [0.1, 0.15) is 11.1 Å². The molecule has 0 bridgehead atoms. The molecule has 100 valence electrons. The largest absolute Gasteiger partial charge is 0.309 e. The predicted octanol–water partition coefficient (Wildman–Crippen LogP) is 3.53. The average molecular weight is 269 g/mol. The second kappa shape index (κ2) is 5.84. The van der Waals surface area contributed by atoms with Crippen LogP contribution in [0, 0.1) is 23.3 Å². The number of benzene rings is 2. The van der Waals surface area contributed by atoms with E-state index < -0.39 is 23.3 Å². The summed E-state index contributed by atoms with van der Waals surface area (Å²) in [6.45, 7) is 0.604. The molecule has 0 spiro atoms. The summed E-state index contributed by atoms with van der Waals surface area (Å²) in [6.07, 6.45) is 0. The third kappa shape index (κ3) is 3.54. The fourth-order valence-corrected chi connectivity index (χ4v) is 1.65. The van der Waals surface area contributed by atoms with E-state index in [4.69, 9.17) is 0 Å². The Kier molecular flexibility index (Phi) is 4.16. The summed E-state index contributed by atoms with van der Waals surface area (Å²) in [6, 6.07) is 7.18. The molecule has 2 rings (SSSR count). The SMILES string of the molecule is Fc1ccc(CNCc2ccc(F)c(F)c2)cc1F. The highest BCUT2D eigenvalue weighted by Crippen LogP contribution is 2.10. The van der Waals surface area contributed by atoms with Gasteiger partial charge in [-0.25, -0.2) is 17.6 Å². The normalized spacial score (nSPS) is 10.7. The van der Waals surface area contributed by atoms with Gasteiger partial charge in [-0.2, -0.15) is 0 Å². The number of nitrogens with one attached hydrogen (secondary N) is 1. The van der Waals surface area contributed by atoms with Crippen LogP contribution in [0.15, 0.2) is 36.4 Å². The lowest BCUT2D eigenvalue weighted by atomic mass is 10.2. The Morgan fingerprint density at radius 3 is 1.42 bits per heavy atom. The molecule has 2 aromatic rings. The molecule has 0 saturated heterocycles. The maximum atomic E-state index is 12.9. The smallest absolute Gasteiger partial charge is 0.159 e. The number of hydrogen-bond donors (Lipinski definition) is 1. The van der Waals surface area contributed by atoms with E-state index in [0.717, 1.165) is 24.3 Å². The van der Waals surface area contributed by atoms with Crippen molar-refractivity contribution in [3.05, 3.63) is 70.8 Å². The van der Waals surface area contributed by atoms with E-state index in [2.05, 4.69) is 5.32 Å². The lowest BCUT2D eigenvalue weighted by Crippen LogP contribution is -2.13. The first-order valence-electron chi connectivity index (χ1n) is 5.65. The minimum atomic E-state index is -0.910. The Morgan fingerprint density at radius 1 is 0.632 bits per heavy atom. The Labute approximate surface area is 107 Å². The van der Waals surface area contributed by atoms with Crippen molar-refractivity contribution in [1.29, 1.82) is 0 Å². The first-order chi connectivity index (χ1) is 9.06. The van der Waals surface area contributed by atoms with Gasteiger partial charge in [-0.1, -0.05) is 12.1 Å². The van der Waals surface area contributed by atoms with Crippen LogP contribution in [0.3, 0.4) is 0 Å². The first-order valence-corrected chi connectivity index (χ1v) is 5.65. The third-order valence-corrected chi connectivity index (χ3v) is 2.63. The van der Waals surface area contributed by atoms with Crippen molar-refractivity contribution >= 4 is 0 Å². The highest BCUT2D eigenvalue weighted by atomic mass is 19.2. The van der Waals surface area contributed by atoms with Gasteiger partial charge in [0, 0.05) is 13.1 Å². The van der Waals surface area contributed by atoms with Crippen LogP contribution in [0.5, 0.6) is 0 Å². The molecule has 2 aromatic carbocycles. The molecule has 0 aliphatic rings. The zero-order valence-corrected chi connectivity index (χ0v) is 9.89. The van der Waals surface area contributed by atoms with Gasteiger partial charge < -0.3 is 5.32 Å². The second-order valence-electron chi connectivity index (χ2n) is 4.10. The van der Waals surface area contributed by atoms with Gasteiger partial charge in [0.25, 0.3) is 0 Å². The molecule has 0 atom stereocenters. The van der Waals surface area contributed by atoms with E-state index in [1.54, 1.807) is 0 Å². The molecular formula is C14H11F4N. The van der Waals surface area contributed by atoms with E-state index >= 15 is 0 Å². The molecule has 0 saturated carbocycles. The topological polar surface area (TPSA) is 12.0 Å². The first kappa shape index (κ1) is 13.5. The maximum absolute atomic E-state index is 12.9. The molecule has 1 nitrogen and oxygen atoms in total. The molecule has 0 fully saturated rings. The summed E-state index contributed by atoms with van der Waals surface area (Å²) < 4.78 is 51.3. The van der Waals surface area contributed by atoms with Crippen molar-refractivity contribution in [3.63, 3.8) is 0 Å². The molecule has 0 aliphatic carbocycles. The molecule has 0 aromatic heterocycles. The zero-order chi connectivity index (χ0) is 13.8. The predicted molar refractivity (Wildman–Crippen MR) is 63.3 cm³/mol. The van der Waals surface area contributed by atoms with Gasteiger partial charge in [0.2, 0.25) is 0 Å². The van der Waals surface area contributed by atoms with Gasteiger partial charge in [-0.05, 0) is 35.4 Å². The molecule has 0 aliphatic heterocycles. The number of hydrogen-bond acceptors (Lipinski definition) is 1. The van der Waals surface area contributed by atoms with Gasteiger partial charge in [0.05, 0.1) is 0 Å². The highest BCUT2D eigenvalue weighted by Gasteiger charge is 2.04. The minimum absolute atomic E-state index is 0.302. The van der Waals surface area contributed by atoms with Gasteiger partial charge in [0.15, 0.2) is 23.3 Å². The number of halogens is 4. The van der Waals surface area contributed by atoms with E-state index in [9.17, 15) is 17.6 Å². The summed E-state index contributed by atoms with van der Waals surface area (Å²) in [4.78, 5) is 0. The fraction of sp³-hybridized carbons (Fsp3) is 0.143. The van der Waals surface area contributed by atoms with Gasteiger partial charge >= 0.3 is 0 Å². The lowest BCUT2D eigenvalue weighted by molar-refractivity contribution is 0.504. The minimum Gasteiger partial charge on any atom is -0.309 e. The van der Waals surface area contributed by atoms with Crippen molar-refractivity contribution < 1.29 is 17.6 Å². The summed E-state index contributed by atoms with van der Waals surface area (Å²) in [5.41, 5.74) is 1.14. The lowest BCUT2D eigenvalue weighted by Gasteiger charge is -2.06. The van der Waals surface area contributed by atoms with Crippen molar-refractivity contribution in [1.82, 2.24) is 5.32 Å². The van der Waals surface area contributed by atoms with Crippen LogP contribution in [0.25, 0.3) is 0 Å². The molecule has 0 radical (unpaired) electrons.